The highest BCUT2D eigenvalue weighted by Gasteiger charge is 2.12. The summed E-state index contributed by atoms with van der Waals surface area (Å²) in [7, 11) is 1.51. The maximum absolute atomic E-state index is 13.1. The second-order valence-corrected chi connectivity index (χ2v) is 4.85. The first-order valence-corrected chi connectivity index (χ1v) is 6.59. The number of aliphatic hydroxyl groups is 1. The Balaban J connectivity index is 2.08. The van der Waals surface area contributed by atoms with E-state index >= 15 is 0 Å². The molecule has 112 valence electrons. The van der Waals surface area contributed by atoms with Gasteiger partial charge in [-0.2, -0.15) is 0 Å². The summed E-state index contributed by atoms with van der Waals surface area (Å²) >= 11 is 5.90. The van der Waals surface area contributed by atoms with Crippen molar-refractivity contribution in [2.75, 3.05) is 19.0 Å². The van der Waals surface area contributed by atoms with Crippen molar-refractivity contribution in [3.05, 3.63) is 58.6 Å². The van der Waals surface area contributed by atoms with Gasteiger partial charge in [-0.1, -0.05) is 17.7 Å². The van der Waals surface area contributed by atoms with Crippen molar-refractivity contribution in [2.24, 2.45) is 0 Å². The van der Waals surface area contributed by atoms with Gasteiger partial charge in [0.15, 0.2) is 11.6 Å². The molecule has 0 heterocycles. The van der Waals surface area contributed by atoms with Crippen LogP contribution in [0.15, 0.2) is 36.4 Å². The van der Waals surface area contributed by atoms with Gasteiger partial charge in [0.2, 0.25) is 0 Å². The van der Waals surface area contributed by atoms with Crippen LogP contribution in [0, 0.1) is 11.6 Å². The second kappa shape index (κ2) is 6.74. The van der Waals surface area contributed by atoms with Crippen LogP contribution in [-0.4, -0.2) is 18.8 Å². The van der Waals surface area contributed by atoms with E-state index < -0.39 is 17.7 Å². The summed E-state index contributed by atoms with van der Waals surface area (Å²) in [6, 6.07) is 8.30. The van der Waals surface area contributed by atoms with Crippen LogP contribution in [0.25, 0.3) is 0 Å². The van der Waals surface area contributed by atoms with Crippen molar-refractivity contribution in [2.45, 2.75) is 6.10 Å². The lowest BCUT2D eigenvalue weighted by Crippen LogP contribution is -2.13. The van der Waals surface area contributed by atoms with Gasteiger partial charge in [-0.25, -0.2) is 8.78 Å². The van der Waals surface area contributed by atoms with Gasteiger partial charge < -0.3 is 15.2 Å². The number of nitrogens with one attached hydrogen (secondary N) is 1. The highest BCUT2D eigenvalue weighted by Crippen LogP contribution is 2.28. The molecule has 0 aromatic heterocycles. The fourth-order valence-corrected chi connectivity index (χ4v) is 2.03. The van der Waals surface area contributed by atoms with E-state index in [9.17, 15) is 13.9 Å². The van der Waals surface area contributed by atoms with E-state index in [0.29, 0.717) is 16.5 Å². The number of methoxy groups -OCH3 is 1. The number of benzene rings is 2. The van der Waals surface area contributed by atoms with Crippen LogP contribution in [0.1, 0.15) is 11.7 Å². The second-order valence-electron chi connectivity index (χ2n) is 4.41. The normalized spacial score (nSPS) is 12.0. The predicted octanol–water partition coefficient (Wildman–Crippen LogP) is 3.77. The first-order chi connectivity index (χ1) is 10.0. The van der Waals surface area contributed by atoms with E-state index in [0.717, 1.165) is 12.1 Å². The zero-order chi connectivity index (χ0) is 15.4. The smallest absolute Gasteiger partial charge is 0.159 e. The molecule has 21 heavy (non-hydrogen) atoms. The van der Waals surface area contributed by atoms with Gasteiger partial charge in [0.1, 0.15) is 5.75 Å². The van der Waals surface area contributed by atoms with E-state index in [4.69, 9.17) is 16.3 Å². The molecule has 1 unspecified atom stereocenters. The van der Waals surface area contributed by atoms with Crippen LogP contribution in [0.5, 0.6) is 5.75 Å². The molecule has 6 heteroatoms. The van der Waals surface area contributed by atoms with Crippen molar-refractivity contribution in [1.29, 1.82) is 0 Å². The molecule has 2 aromatic rings. The molecule has 0 fully saturated rings. The van der Waals surface area contributed by atoms with E-state index in [1.54, 1.807) is 18.2 Å². The Morgan fingerprint density at radius 3 is 2.62 bits per heavy atom. The average Bonchev–Trinajstić information content (AvgIpc) is 2.47. The number of hydrogen-bond acceptors (Lipinski definition) is 3. The first kappa shape index (κ1) is 15.5. The van der Waals surface area contributed by atoms with Crippen LogP contribution in [0.2, 0.25) is 5.02 Å². The standard InChI is InChI=1S/C15H14ClF2NO2/c1-21-15-5-3-10(16)7-13(15)19-8-14(20)9-2-4-11(17)12(18)6-9/h2-7,14,19-20H,8H2,1H3. The lowest BCUT2D eigenvalue weighted by Gasteiger charge is -2.15. The Morgan fingerprint density at radius 2 is 1.95 bits per heavy atom. The molecule has 2 N–H and O–H groups in total. The minimum atomic E-state index is -0.996. The third-order valence-corrected chi connectivity index (χ3v) is 3.21. The quantitative estimate of drug-likeness (QED) is 0.883. The summed E-state index contributed by atoms with van der Waals surface area (Å²) in [5.74, 6) is -1.38. The third kappa shape index (κ3) is 3.83. The zero-order valence-corrected chi connectivity index (χ0v) is 12.0. The molecule has 0 amide bonds. The molecule has 0 aliphatic heterocycles. The molecule has 0 bridgehead atoms. The first-order valence-electron chi connectivity index (χ1n) is 6.21. The Kier molecular flexibility index (Phi) is 4.98. The van der Waals surface area contributed by atoms with Gasteiger partial charge in [0.25, 0.3) is 0 Å². The average molecular weight is 314 g/mol. The Morgan fingerprint density at radius 1 is 1.19 bits per heavy atom. The van der Waals surface area contributed by atoms with Gasteiger partial charge in [-0.15, -0.1) is 0 Å². The van der Waals surface area contributed by atoms with Crippen LogP contribution in [-0.2, 0) is 0 Å². The summed E-state index contributed by atoms with van der Waals surface area (Å²) in [6.45, 7) is 0.0990. The monoisotopic (exact) mass is 313 g/mol. The maximum atomic E-state index is 13.1. The minimum Gasteiger partial charge on any atom is -0.495 e. The van der Waals surface area contributed by atoms with Crippen LogP contribution in [0.4, 0.5) is 14.5 Å². The molecule has 0 saturated heterocycles. The number of halogens is 3. The molecule has 1 atom stereocenters. The fourth-order valence-electron chi connectivity index (χ4n) is 1.86. The van der Waals surface area contributed by atoms with Crippen molar-refractivity contribution in [3.63, 3.8) is 0 Å². The van der Waals surface area contributed by atoms with E-state index in [1.807, 2.05) is 0 Å². The molecule has 0 radical (unpaired) electrons. The van der Waals surface area contributed by atoms with E-state index in [2.05, 4.69) is 5.32 Å². The molecule has 3 nitrogen and oxygen atoms in total. The Labute approximate surface area is 126 Å². The molecule has 0 spiro atoms. The molecule has 2 aromatic carbocycles. The largest absolute Gasteiger partial charge is 0.495 e. The lowest BCUT2D eigenvalue weighted by atomic mass is 10.1. The van der Waals surface area contributed by atoms with Crippen molar-refractivity contribution < 1.29 is 18.6 Å². The lowest BCUT2D eigenvalue weighted by molar-refractivity contribution is 0.191. The molecule has 0 aliphatic rings. The number of hydrogen-bond donors (Lipinski definition) is 2. The Hall–Kier alpha value is -1.85. The number of rotatable bonds is 5. The summed E-state index contributed by atoms with van der Waals surface area (Å²) in [5.41, 5.74) is 0.883. The van der Waals surface area contributed by atoms with Crippen molar-refractivity contribution in [1.82, 2.24) is 0 Å². The van der Waals surface area contributed by atoms with Gasteiger partial charge >= 0.3 is 0 Å². The minimum absolute atomic E-state index is 0.0990. The van der Waals surface area contributed by atoms with Crippen LogP contribution < -0.4 is 10.1 Å². The summed E-state index contributed by atoms with van der Waals surface area (Å²) in [4.78, 5) is 0. The topological polar surface area (TPSA) is 41.5 Å². The number of ether oxygens (including phenoxy) is 1. The summed E-state index contributed by atoms with van der Waals surface area (Å²) in [6.07, 6.45) is -0.996. The fraction of sp³-hybridized carbons (Fsp3) is 0.200. The van der Waals surface area contributed by atoms with Crippen LogP contribution in [0.3, 0.4) is 0 Å². The van der Waals surface area contributed by atoms with E-state index in [1.165, 1.54) is 13.2 Å². The number of anilines is 1. The van der Waals surface area contributed by atoms with Gasteiger partial charge in [0.05, 0.1) is 18.9 Å². The summed E-state index contributed by atoms with van der Waals surface area (Å²) in [5, 5.41) is 13.5. The molecule has 0 saturated carbocycles. The zero-order valence-electron chi connectivity index (χ0n) is 11.2. The predicted molar refractivity (Wildman–Crippen MR) is 77.8 cm³/mol. The molecular weight excluding hydrogens is 300 g/mol. The van der Waals surface area contributed by atoms with Crippen LogP contribution >= 0.6 is 11.6 Å². The van der Waals surface area contributed by atoms with Crippen molar-refractivity contribution >= 4 is 17.3 Å². The molecular formula is C15H14ClF2NO2. The van der Waals surface area contributed by atoms with Crippen molar-refractivity contribution in [3.8, 4) is 5.75 Å². The van der Waals surface area contributed by atoms with E-state index in [-0.39, 0.29) is 12.1 Å². The SMILES string of the molecule is COc1ccc(Cl)cc1NCC(O)c1ccc(F)c(F)c1. The highest BCUT2D eigenvalue weighted by molar-refractivity contribution is 6.30. The number of aliphatic hydroxyl groups excluding tert-OH is 1. The molecule has 2 rings (SSSR count). The maximum Gasteiger partial charge on any atom is 0.159 e. The van der Waals surface area contributed by atoms with Gasteiger partial charge in [-0.3, -0.25) is 0 Å². The Bertz CT molecular complexity index is 637. The summed E-state index contributed by atoms with van der Waals surface area (Å²) < 4.78 is 31.1. The molecule has 0 aliphatic carbocycles. The van der Waals surface area contributed by atoms with Gasteiger partial charge in [0, 0.05) is 11.6 Å². The highest BCUT2D eigenvalue weighted by atomic mass is 35.5. The third-order valence-electron chi connectivity index (χ3n) is 2.98. The van der Waals surface area contributed by atoms with Gasteiger partial charge in [-0.05, 0) is 35.9 Å².